The minimum absolute atomic E-state index is 0.219. The fourth-order valence-corrected chi connectivity index (χ4v) is 1.22. The summed E-state index contributed by atoms with van der Waals surface area (Å²) in [6.45, 7) is 8.61. The van der Waals surface area contributed by atoms with Crippen LogP contribution in [0.2, 0.25) is 0 Å². The number of allylic oxidation sites excluding steroid dienone is 2. The Morgan fingerprint density at radius 2 is 2.08 bits per heavy atom. The maximum atomic E-state index is 5.27. The molecule has 0 saturated heterocycles. The summed E-state index contributed by atoms with van der Waals surface area (Å²) in [6.07, 6.45) is 3.92. The monoisotopic (exact) mass is 164 g/mol. The Labute approximate surface area is 74.1 Å². The van der Waals surface area contributed by atoms with Gasteiger partial charge in [0.25, 0.3) is 0 Å². The van der Waals surface area contributed by atoms with Crippen LogP contribution in [0.1, 0.15) is 33.5 Å². The number of furan rings is 1. The van der Waals surface area contributed by atoms with Crippen molar-refractivity contribution in [1.29, 1.82) is 0 Å². The molecule has 1 nitrogen and oxygen atoms in total. The van der Waals surface area contributed by atoms with Crippen molar-refractivity contribution in [2.75, 3.05) is 0 Å². The van der Waals surface area contributed by atoms with Crippen LogP contribution in [0, 0.1) is 5.41 Å². The molecule has 1 aromatic heterocycles. The van der Waals surface area contributed by atoms with Gasteiger partial charge in [-0.25, -0.2) is 0 Å². The fourth-order valence-electron chi connectivity index (χ4n) is 1.22. The van der Waals surface area contributed by atoms with Crippen LogP contribution < -0.4 is 0 Å². The van der Waals surface area contributed by atoms with Gasteiger partial charge in [0, 0.05) is 0 Å². The predicted molar refractivity (Wildman–Crippen MR) is 51.8 cm³/mol. The Balaban J connectivity index is 2.85. The molecule has 0 aliphatic rings. The highest BCUT2D eigenvalue weighted by atomic mass is 16.3. The lowest BCUT2D eigenvalue weighted by molar-refractivity contribution is 0.532. The molecule has 1 heterocycles. The molecule has 1 aromatic rings. The molecule has 0 aliphatic carbocycles. The van der Waals surface area contributed by atoms with Crippen molar-refractivity contribution in [3.05, 3.63) is 30.2 Å². The van der Waals surface area contributed by atoms with Gasteiger partial charge < -0.3 is 4.42 Å². The van der Waals surface area contributed by atoms with Gasteiger partial charge in [-0.1, -0.05) is 26.8 Å². The first-order valence-corrected chi connectivity index (χ1v) is 4.22. The SMILES string of the molecule is C/C(=C\C(C)(C)C)c1ccco1. The lowest BCUT2D eigenvalue weighted by Gasteiger charge is -2.12. The van der Waals surface area contributed by atoms with Crippen molar-refractivity contribution in [3.8, 4) is 0 Å². The lowest BCUT2D eigenvalue weighted by atomic mass is 9.93. The molecule has 66 valence electrons. The average Bonchev–Trinajstić information content (AvgIpc) is 2.32. The first kappa shape index (κ1) is 9.11. The van der Waals surface area contributed by atoms with Crippen LogP contribution in [-0.4, -0.2) is 0 Å². The van der Waals surface area contributed by atoms with E-state index in [4.69, 9.17) is 4.42 Å². The third-order valence-corrected chi connectivity index (χ3v) is 1.56. The van der Waals surface area contributed by atoms with Gasteiger partial charge in [0.15, 0.2) is 0 Å². The molecular formula is C11H16O. The predicted octanol–water partition coefficient (Wildman–Crippen LogP) is 3.73. The summed E-state index contributed by atoms with van der Waals surface area (Å²) in [4.78, 5) is 0. The van der Waals surface area contributed by atoms with Gasteiger partial charge in [-0.15, -0.1) is 0 Å². The standard InChI is InChI=1S/C11H16O/c1-9(8-11(2,3)4)10-6-5-7-12-10/h5-8H,1-4H3/b9-8+. The van der Waals surface area contributed by atoms with E-state index in [2.05, 4.69) is 33.8 Å². The van der Waals surface area contributed by atoms with Crippen molar-refractivity contribution in [1.82, 2.24) is 0 Å². The zero-order valence-electron chi connectivity index (χ0n) is 8.22. The summed E-state index contributed by atoms with van der Waals surface area (Å²) >= 11 is 0. The van der Waals surface area contributed by atoms with Gasteiger partial charge in [0.2, 0.25) is 0 Å². The van der Waals surface area contributed by atoms with Gasteiger partial charge >= 0.3 is 0 Å². The number of hydrogen-bond acceptors (Lipinski definition) is 1. The Bertz CT molecular complexity index is 260. The van der Waals surface area contributed by atoms with E-state index in [1.54, 1.807) is 6.26 Å². The Hall–Kier alpha value is -0.980. The highest BCUT2D eigenvalue weighted by molar-refractivity contribution is 5.59. The minimum atomic E-state index is 0.219. The largest absolute Gasteiger partial charge is 0.465 e. The second-order valence-electron chi connectivity index (χ2n) is 4.17. The minimum Gasteiger partial charge on any atom is -0.465 e. The molecule has 0 fully saturated rings. The van der Waals surface area contributed by atoms with Crippen LogP contribution in [0.25, 0.3) is 5.57 Å². The first-order chi connectivity index (χ1) is 5.49. The van der Waals surface area contributed by atoms with E-state index in [9.17, 15) is 0 Å². The molecular weight excluding hydrogens is 148 g/mol. The van der Waals surface area contributed by atoms with E-state index < -0.39 is 0 Å². The van der Waals surface area contributed by atoms with E-state index in [1.807, 2.05) is 12.1 Å². The number of rotatable bonds is 1. The second kappa shape index (κ2) is 3.18. The van der Waals surface area contributed by atoms with Crippen LogP contribution in [0.5, 0.6) is 0 Å². The highest BCUT2D eigenvalue weighted by Gasteiger charge is 2.08. The average molecular weight is 164 g/mol. The van der Waals surface area contributed by atoms with Crippen molar-refractivity contribution >= 4 is 5.57 Å². The van der Waals surface area contributed by atoms with E-state index in [-0.39, 0.29) is 5.41 Å². The van der Waals surface area contributed by atoms with Crippen LogP contribution in [-0.2, 0) is 0 Å². The van der Waals surface area contributed by atoms with Gasteiger partial charge in [0.1, 0.15) is 5.76 Å². The first-order valence-electron chi connectivity index (χ1n) is 4.22. The second-order valence-corrected chi connectivity index (χ2v) is 4.17. The van der Waals surface area contributed by atoms with Crippen molar-refractivity contribution in [3.63, 3.8) is 0 Å². The maximum Gasteiger partial charge on any atom is 0.129 e. The summed E-state index contributed by atoms with van der Waals surface area (Å²) in [5.41, 5.74) is 1.42. The van der Waals surface area contributed by atoms with Crippen molar-refractivity contribution in [2.24, 2.45) is 5.41 Å². The molecule has 0 radical (unpaired) electrons. The molecule has 0 aliphatic heterocycles. The third-order valence-electron chi connectivity index (χ3n) is 1.56. The normalized spacial score (nSPS) is 13.5. The molecule has 1 heteroatoms. The Morgan fingerprint density at radius 3 is 2.50 bits per heavy atom. The molecule has 0 atom stereocenters. The van der Waals surface area contributed by atoms with E-state index in [1.165, 1.54) is 5.57 Å². The van der Waals surface area contributed by atoms with Crippen molar-refractivity contribution in [2.45, 2.75) is 27.7 Å². The number of hydrogen-bond donors (Lipinski definition) is 0. The topological polar surface area (TPSA) is 13.1 Å². The lowest BCUT2D eigenvalue weighted by Crippen LogP contribution is -1.99. The summed E-state index contributed by atoms with van der Waals surface area (Å²) < 4.78 is 5.27. The van der Waals surface area contributed by atoms with Crippen LogP contribution in [0.15, 0.2) is 28.9 Å². The molecule has 0 saturated carbocycles. The fraction of sp³-hybridized carbons (Fsp3) is 0.455. The van der Waals surface area contributed by atoms with Crippen LogP contribution >= 0.6 is 0 Å². The van der Waals surface area contributed by atoms with Gasteiger partial charge in [-0.05, 0) is 30.0 Å². The summed E-state index contributed by atoms with van der Waals surface area (Å²) in [5, 5.41) is 0. The van der Waals surface area contributed by atoms with Crippen molar-refractivity contribution < 1.29 is 4.42 Å². The van der Waals surface area contributed by atoms with E-state index in [0.29, 0.717) is 0 Å². The summed E-state index contributed by atoms with van der Waals surface area (Å²) in [6, 6.07) is 3.90. The zero-order valence-corrected chi connectivity index (χ0v) is 8.22. The molecule has 0 N–H and O–H groups in total. The summed E-state index contributed by atoms with van der Waals surface area (Å²) in [7, 11) is 0. The Kier molecular flexibility index (Phi) is 2.41. The summed E-state index contributed by atoms with van der Waals surface area (Å²) in [5.74, 6) is 0.963. The molecule has 0 unspecified atom stereocenters. The van der Waals surface area contributed by atoms with Crippen LogP contribution in [0.4, 0.5) is 0 Å². The third kappa shape index (κ3) is 2.57. The zero-order chi connectivity index (χ0) is 9.19. The smallest absolute Gasteiger partial charge is 0.129 e. The molecule has 0 spiro atoms. The van der Waals surface area contributed by atoms with E-state index >= 15 is 0 Å². The highest BCUT2D eigenvalue weighted by Crippen LogP contribution is 2.23. The molecule has 1 rings (SSSR count). The van der Waals surface area contributed by atoms with Gasteiger partial charge in [0.05, 0.1) is 6.26 Å². The maximum absolute atomic E-state index is 5.27. The molecule has 0 bridgehead atoms. The van der Waals surface area contributed by atoms with Gasteiger partial charge in [-0.2, -0.15) is 0 Å². The Morgan fingerprint density at radius 1 is 1.42 bits per heavy atom. The quantitative estimate of drug-likeness (QED) is 0.616. The molecule has 0 amide bonds. The van der Waals surface area contributed by atoms with Crippen LogP contribution in [0.3, 0.4) is 0 Å². The molecule has 0 aromatic carbocycles. The van der Waals surface area contributed by atoms with Gasteiger partial charge in [-0.3, -0.25) is 0 Å². The molecule has 12 heavy (non-hydrogen) atoms. The van der Waals surface area contributed by atoms with E-state index in [0.717, 1.165) is 5.76 Å².